The lowest BCUT2D eigenvalue weighted by molar-refractivity contribution is -0.126. The first kappa shape index (κ1) is 15.4. The van der Waals surface area contributed by atoms with E-state index in [1.54, 1.807) is 11.8 Å². The van der Waals surface area contributed by atoms with Gasteiger partial charge in [0.25, 0.3) is 0 Å². The molecule has 1 amide bonds. The number of amides is 1. The van der Waals surface area contributed by atoms with Gasteiger partial charge in [0.15, 0.2) is 0 Å². The summed E-state index contributed by atoms with van der Waals surface area (Å²) in [7, 11) is 0. The third kappa shape index (κ3) is 3.36. The Morgan fingerprint density at radius 1 is 1.40 bits per heavy atom. The Morgan fingerprint density at radius 3 is 2.85 bits per heavy atom. The molecule has 0 aliphatic carbocycles. The molecular formula is C16H24N2OS. The Morgan fingerprint density at radius 2 is 2.20 bits per heavy atom. The van der Waals surface area contributed by atoms with Crippen LogP contribution in [-0.4, -0.2) is 24.7 Å². The standard InChI is InChI=1S/C16H24N2OS/c1-3-16(10-7-11-17-12-16)15(19)18-13-8-5-6-9-14(13)20-4-2/h5-6,8-9,17H,3-4,7,10-12H2,1-2H3,(H,18,19). The molecule has 1 aromatic rings. The number of anilines is 1. The molecule has 1 fully saturated rings. The first-order valence-corrected chi connectivity index (χ1v) is 8.44. The second-order valence-electron chi connectivity index (χ2n) is 5.30. The van der Waals surface area contributed by atoms with Gasteiger partial charge in [0, 0.05) is 11.4 Å². The third-order valence-corrected chi connectivity index (χ3v) is 5.02. The Hall–Kier alpha value is -1.00. The van der Waals surface area contributed by atoms with Crippen LogP contribution in [0.1, 0.15) is 33.1 Å². The first-order valence-electron chi connectivity index (χ1n) is 7.46. The SMILES string of the molecule is CCSc1ccccc1NC(=O)C1(CC)CCCNC1. The molecule has 3 nitrogen and oxygen atoms in total. The van der Waals surface area contributed by atoms with Gasteiger partial charge >= 0.3 is 0 Å². The summed E-state index contributed by atoms with van der Waals surface area (Å²) in [6.07, 6.45) is 2.94. The fourth-order valence-corrected chi connectivity index (χ4v) is 3.49. The first-order chi connectivity index (χ1) is 9.72. The van der Waals surface area contributed by atoms with Crippen LogP contribution in [0, 0.1) is 5.41 Å². The van der Waals surface area contributed by atoms with Gasteiger partial charge in [0.2, 0.25) is 5.91 Å². The molecule has 20 heavy (non-hydrogen) atoms. The molecular weight excluding hydrogens is 268 g/mol. The smallest absolute Gasteiger partial charge is 0.231 e. The van der Waals surface area contributed by atoms with Crippen LogP contribution >= 0.6 is 11.8 Å². The van der Waals surface area contributed by atoms with Crippen molar-refractivity contribution in [1.29, 1.82) is 0 Å². The minimum atomic E-state index is -0.248. The van der Waals surface area contributed by atoms with Crippen LogP contribution in [0.3, 0.4) is 0 Å². The molecule has 2 rings (SSSR count). The van der Waals surface area contributed by atoms with E-state index in [0.717, 1.165) is 48.7 Å². The van der Waals surface area contributed by atoms with Crippen molar-refractivity contribution >= 4 is 23.4 Å². The molecule has 0 radical (unpaired) electrons. The molecule has 4 heteroatoms. The molecule has 1 heterocycles. The maximum absolute atomic E-state index is 12.7. The zero-order valence-electron chi connectivity index (χ0n) is 12.4. The Bertz CT molecular complexity index is 456. The molecule has 0 spiro atoms. The maximum Gasteiger partial charge on any atom is 0.231 e. The van der Waals surface area contributed by atoms with E-state index in [4.69, 9.17) is 0 Å². The summed E-state index contributed by atoms with van der Waals surface area (Å²) in [6, 6.07) is 8.06. The van der Waals surface area contributed by atoms with E-state index in [-0.39, 0.29) is 11.3 Å². The van der Waals surface area contributed by atoms with Crippen LogP contribution in [0.4, 0.5) is 5.69 Å². The van der Waals surface area contributed by atoms with Crippen molar-refractivity contribution in [2.75, 3.05) is 24.2 Å². The normalized spacial score (nSPS) is 22.5. The second kappa shape index (κ2) is 7.14. The number of carbonyl (C=O) groups is 1. The lowest BCUT2D eigenvalue weighted by Crippen LogP contribution is -2.47. The predicted molar refractivity (Wildman–Crippen MR) is 86.3 cm³/mol. The highest BCUT2D eigenvalue weighted by atomic mass is 32.2. The number of piperidine rings is 1. The second-order valence-corrected chi connectivity index (χ2v) is 6.60. The lowest BCUT2D eigenvalue weighted by Gasteiger charge is -2.35. The van der Waals surface area contributed by atoms with Crippen LogP contribution in [-0.2, 0) is 4.79 Å². The molecule has 2 N–H and O–H groups in total. The summed E-state index contributed by atoms with van der Waals surface area (Å²) in [5, 5.41) is 6.52. The summed E-state index contributed by atoms with van der Waals surface area (Å²) in [6.45, 7) is 6.05. The zero-order chi connectivity index (χ0) is 14.4. The van der Waals surface area contributed by atoms with Crippen molar-refractivity contribution in [3.05, 3.63) is 24.3 Å². The number of carbonyl (C=O) groups excluding carboxylic acids is 1. The van der Waals surface area contributed by atoms with Gasteiger partial charge in [0.1, 0.15) is 0 Å². The number of nitrogens with one attached hydrogen (secondary N) is 2. The number of thioether (sulfide) groups is 1. The van der Waals surface area contributed by atoms with Gasteiger partial charge in [-0.15, -0.1) is 11.8 Å². The minimum Gasteiger partial charge on any atom is -0.325 e. The van der Waals surface area contributed by atoms with Crippen LogP contribution < -0.4 is 10.6 Å². The summed E-state index contributed by atoms with van der Waals surface area (Å²) < 4.78 is 0. The van der Waals surface area contributed by atoms with Crippen molar-refractivity contribution < 1.29 is 4.79 Å². The van der Waals surface area contributed by atoms with Crippen LogP contribution in [0.15, 0.2) is 29.2 Å². The average Bonchev–Trinajstić information content (AvgIpc) is 2.50. The minimum absolute atomic E-state index is 0.163. The van der Waals surface area contributed by atoms with Crippen molar-refractivity contribution in [3.63, 3.8) is 0 Å². The fourth-order valence-electron chi connectivity index (χ4n) is 2.73. The van der Waals surface area contributed by atoms with Crippen molar-refractivity contribution in [2.45, 2.75) is 38.0 Å². The largest absolute Gasteiger partial charge is 0.325 e. The van der Waals surface area contributed by atoms with E-state index in [1.807, 2.05) is 18.2 Å². The van der Waals surface area contributed by atoms with Gasteiger partial charge in [-0.2, -0.15) is 0 Å². The van der Waals surface area contributed by atoms with Crippen molar-refractivity contribution in [1.82, 2.24) is 5.32 Å². The molecule has 0 bridgehead atoms. The molecule has 0 saturated carbocycles. The van der Waals surface area contributed by atoms with Crippen molar-refractivity contribution in [2.24, 2.45) is 5.41 Å². The summed E-state index contributed by atoms with van der Waals surface area (Å²) in [4.78, 5) is 13.9. The Labute approximate surface area is 125 Å². The van der Waals surface area contributed by atoms with E-state index >= 15 is 0 Å². The quantitative estimate of drug-likeness (QED) is 0.816. The molecule has 0 aromatic heterocycles. The number of para-hydroxylation sites is 1. The third-order valence-electron chi connectivity index (χ3n) is 4.07. The molecule has 1 aliphatic heterocycles. The fraction of sp³-hybridized carbons (Fsp3) is 0.562. The van der Waals surface area contributed by atoms with Crippen LogP contribution in [0.25, 0.3) is 0 Å². The molecule has 1 aliphatic rings. The molecule has 1 aromatic carbocycles. The van der Waals surface area contributed by atoms with E-state index in [2.05, 4.69) is 30.5 Å². The highest BCUT2D eigenvalue weighted by Crippen LogP contribution is 2.33. The van der Waals surface area contributed by atoms with Crippen LogP contribution in [0.2, 0.25) is 0 Å². The van der Waals surface area contributed by atoms with Crippen LogP contribution in [0.5, 0.6) is 0 Å². The lowest BCUT2D eigenvalue weighted by atomic mass is 9.77. The number of hydrogen-bond donors (Lipinski definition) is 2. The number of benzene rings is 1. The van der Waals surface area contributed by atoms with Gasteiger partial charge in [-0.3, -0.25) is 4.79 Å². The topological polar surface area (TPSA) is 41.1 Å². The Balaban J connectivity index is 2.14. The highest BCUT2D eigenvalue weighted by Gasteiger charge is 2.37. The van der Waals surface area contributed by atoms with Gasteiger partial charge < -0.3 is 10.6 Å². The maximum atomic E-state index is 12.7. The Kier molecular flexibility index (Phi) is 5.49. The van der Waals surface area contributed by atoms with E-state index in [9.17, 15) is 4.79 Å². The van der Waals surface area contributed by atoms with E-state index in [0.29, 0.717) is 0 Å². The molecule has 1 unspecified atom stereocenters. The monoisotopic (exact) mass is 292 g/mol. The number of hydrogen-bond acceptors (Lipinski definition) is 3. The predicted octanol–water partition coefficient (Wildman–Crippen LogP) is 3.52. The van der Waals surface area contributed by atoms with E-state index in [1.165, 1.54) is 0 Å². The van der Waals surface area contributed by atoms with Crippen molar-refractivity contribution in [3.8, 4) is 0 Å². The summed E-state index contributed by atoms with van der Waals surface area (Å²) in [5.41, 5.74) is 0.699. The summed E-state index contributed by atoms with van der Waals surface area (Å²) >= 11 is 1.77. The van der Waals surface area contributed by atoms with E-state index < -0.39 is 0 Å². The zero-order valence-corrected chi connectivity index (χ0v) is 13.2. The summed E-state index contributed by atoms with van der Waals surface area (Å²) in [5.74, 6) is 1.17. The highest BCUT2D eigenvalue weighted by molar-refractivity contribution is 7.99. The molecule has 1 atom stereocenters. The average molecular weight is 292 g/mol. The molecule has 1 saturated heterocycles. The number of rotatable bonds is 5. The molecule has 110 valence electrons. The van der Waals surface area contributed by atoms with Gasteiger partial charge in [-0.25, -0.2) is 0 Å². The van der Waals surface area contributed by atoms with Gasteiger partial charge in [-0.05, 0) is 43.7 Å². The van der Waals surface area contributed by atoms with Gasteiger partial charge in [0.05, 0.1) is 11.1 Å². The van der Waals surface area contributed by atoms with Gasteiger partial charge in [-0.1, -0.05) is 26.0 Å².